The zero-order chi connectivity index (χ0) is 12.6. The van der Waals surface area contributed by atoms with Crippen LogP contribution in [0.1, 0.15) is 48.9 Å². The standard InChI is InChI=1S/C14H24N2OS/c1-2-14-16-11-13(18-14)10-15-8-9-17-12-6-4-3-5-7-12/h11-12,15H,2-10H2,1H3. The van der Waals surface area contributed by atoms with Crippen LogP contribution in [0.3, 0.4) is 0 Å². The summed E-state index contributed by atoms with van der Waals surface area (Å²) in [5.74, 6) is 0. The lowest BCUT2D eigenvalue weighted by atomic mass is 9.98. The van der Waals surface area contributed by atoms with Crippen molar-refractivity contribution in [3.63, 3.8) is 0 Å². The third-order valence-electron chi connectivity index (χ3n) is 3.39. The van der Waals surface area contributed by atoms with Gasteiger partial charge in [-0.2, -0.15) is 0 Å². The monoisotopic (exact) mass is 268 g/mol. The van der Waals surface area contributed by atoms with Crippen molar-refractivity contribution in [2.24, 2.45) is 0 Å². The van der Waals surface area contributed by atoms with Crippen molar-refractivity contribution in [1.29, 1.82) is 0 Å². The Hall–Kier alpha value is -0.450. The molecule has 0 spiro atoms. The Morgan fingerprint density at radius 1 is 1.39 bits per heavy atom. The lowest BCUT2D eigenvalue weighted by Gasteiger charge is -2.21. The van der Waals surface area contributed by atoms with Crippen molar-refractivity contribution in [3.05, 3.63) is 16.1 Å². The molecule has 102 valence electrons. The molecular formula is C14H24N2OS. The molecule has 1 aliphatic carbocycles. The molecule has 0 unspecified atom stereocenters. The van der Waals surface area contributed by atoms with E-state index in [0.29, 0.717) is 6.10 Å². The maximum atomic E-state index is 5.87. The number of hydrogen-bond acceptors (Lipinski definition) is 4. The average molecular weight is 268 g/mol. The summed E-state index contributed by atoms with van der Waals surface area (Å²) in [5.41, 5.74) is 0. The van der Waals surface area contributed by atoms with Gasteiger partial charge in [0.25, 0.3) is 0 Å². The van der Waals surface area contributed by atoms with Crippen LogP contribution in [0.15, 0.2) is 6.20 Å². The molecule has 1 fully saturated rings. The SMILES string of the molecule is CCc1ncc(CNCCOC2CCCCC2)s1. The smallest absolute Gasteiger partial charge is 0.0925 e. The van der Waals surface area contributed by atoms with Gasteiger partial charge in [0.1, 0.15) is 0 Å². The van der Waals surface area contributed by atoms with Gasteiger partial charge >= 0.3 is 0 Å². The minimum absolute atomic E-state index is 0.524. The fraction of sp³-hybridized carbons (Fsp3) is 0.786. The first-order chi connectivity index (χ1) is 8.88. The van der Waals surface area contributed by atoms with Gasteiger partial charge < -0.3 is 10.1 Å². The summed E-state index contributed by atoms with van der Waals surface area (Å²) in [6, 6.07) is 0. The zero-order valence-corrected chi connectivity index (χ0v) is 12.1. The van der Waals surface area contributed by atoms with Crippen molar-refractivity contribution < 1.29 is 4.74 Å². The van der Waals surface area contributed by atoms with Crippen LogP contribution in [0, 0.1) is 0 Å². The summed E-state index contributed by atoms with van der Waals surface area (Å²) in [4.78, 5) is 5.68. The molecule has 1 aromatic rings. The normalized spacial score (nSPS) is 17.2. The third kappa shape index (κ3) is 4.67. The molecule has 1 N–H and O–H groups in total. The van der Waals surface area contributed by atoms with Crippen LogP contribution in [-0.2, 0) is 17.7 Å². The highest BCUT2D eigenvalue weighted by Gasteiger charge is 2.12. The number of nitrogens with zero attached hydrogens (tertiary/aromatic N) is 1. The molecule has 4 heteroatoms. The summed E-state index contributed by atoms with van der Waals surface area (Å²) >= 11 is 1.80. The van der Waals surface area contributed by atoms with E-state index < -0.39 is 0 Å². The van der Waals surface area contributed by atoms with Crippen LogP contribution in [0.4, 0.5) is 0 Å². The Balaban J connectivity index is 1.52. The van der Waals surface area contributed by atoms with Gasteiger partial charge in [-0.1, -0.05) is 26.2 Å². The first-order valence-electron chi connectivity index (χ1n) is 7.14. The van der Waals surface area contributed by atoms with Gasteiger partial charge in [0.05, 0.1) is 17.7 Å². The summed E-state index contributed by atoms with van der Waals surface area (Å²) in [6.07, 6.45) is 10.1. The molecule has 18 heavy (non-hydrogen) atoms. The Morgan fingerprint density at radius 3 is 2.94 bits per heavy atom. The Kier molecular flexibility index (Phi) is 6.11. The third-order valence-corrected chi connectivity index (χ3v) is 4.53. The van der Waals surface area contributed by atoms with Gasteiger partial charge in [0, 0.05) is 24.2 Å². The van der Waals surface area contributed by atoms with Crippen LogP contribution in [0.2, 0.25) is 0 Å². The van der Waals surface area contributed by atoms with Crippen LogP contribution in [0.25, 0.3) is 0 Å². The van der Waals surface area contributed by atoms with Gasteiger partial charge in [-0.25, -0.2) is 4.98 Å². The van der Waals surface area contributed by atoms with E-state index in [0.717, 1.165) is 26.1 Å². The van der Waals surface area contributed by atoms with Crippen LogP contribution >= 0.6 is 11.3 Å². The van der Waals surface area contributed by atoms with E-state index in [9.17, 15) is 0 Å². The second-order valence-corrected chi connectivity index (χ2v) is 6.08. The molecule has 0 radical (unpaired) electrons. The molecule has 0 saturated heterocycles. The molecule has 0 aromatic carbocycles. The summed E-state index contributed by atoms with van der Waals surface area (Å²) in [5, 5.41) is 4.65. The van der Waals surface area contributed by atoms with Crippen molar-refractivity contribution >= 4 is 11.3 Å². The predicted octanol–water partition coefficient (Wildman–Crippen LogP) is 3.14. The van der Waals surface area contributed by atoms with Crippen molar-refractivity contribution in [1.82, 2.24) is 10.3 Å². The van der Waals surface area contributed by atoms with Gasteiger partial charge in [-0.15, -0.1) is 11.3 Å². The van der Waals surface area contributed by atoms with Crippen molar-refractivity contribution in [3.8, 4) is 0 Å². The molecule has 2 rings (SSSR count). The largest absolute Gasteiger partial charge is 0.377 e. The number of thiazole rings is 1. The van der Waals surface area contributed by atoms with E-state index in [-0.39, 0.29) is 0 Å². The van der Waals surface area contributed by atoms with E-state index in [1.165, 1.54) is 42.0 Å². The minimum Gasteiger partial charge on any atom is -0.377 e. The Bertz CT molecular complexity index is 334. The number of aryl methyl sites for hydroxylation is 1. The number of aromatic nitrogens is 1. The highest BCUT2D eigenvalue weighted by Crippen LogP contribution is 2.19. The highest BCUT2D eigenvalue weighted by atomic mass is 32.1. The maximum Gasteiger partial charge on any atom is 0.0925 e. The molecule has 0 aliphatic heterocycles. The molecule has 0 bridgehead atoms. The second kappa shape index (κ2) is 7.87. The van der Waals surface area contributed by atoms with E-state index in [1.807, 2.05) is 6.20 Å². The van der Waals surface area contributed by atoms with E-state index in [1.54, 1.807) is 11.3 Å². The van der Waals surface area contributed by atoms with Gasteiger partial charge in [0.2, 0.25) is 0 Å². The average Bonchev–Trinajstić information content (AvgIpc) is 2.87. The summed E-state index contributed by atoms with van der Waals surface area (Å²) < 4.78 is 5.87. The lowest BCUT2D eigenvalue weighted by molar-refractivity contribution is 0.0302. The first kappa shape index (κ1) is 14.0. The minimum atomic E-state index is 0.524. The van der Waals surface area contributed by atoms with Gasteiger partial charge in [0.15, 0.2) is 0 Å². The predicted molar refractivity (Wildman–Crippen MR) is 76.0 cm³/mol. The van der Waals surface area contributed by atoms with Crippen molar-refractivity contribution in [2.75, 3.05) is 13.2 Å². The number of nitrogens with one attached hydrogen (secondary N) is 1. The molecule has 3 nitrogen and oxygen atoms in total. The summed E-state index contributed by atoms with van der Waals surface area (Å²) in [7, 11) is 0. The van der Waals surface area contributed by atoms with Crippen molar-refractivity contribution in [2.45, 2.75) is 58.1 Å². The molecule has 1 aromatic heterocycles. The van der Waals surface area contributed by atoms with Crippen LogP contribution in [-0.4, -0.2) is 24.2 Å². The maximum absolute atomic E-state index is 5.87. The van der Waals surface area contributed by atoms with Crippen LogP contribution < -0.4 is 5.32 Å². The Morgan fingerprint density at radius 2 is 2.22 bits per heavy atom. The van der Waals surface area contributed by atoms with Gasteiger partial charge in [-0.3, -0.25) is 0 Å². The van der Waals surface area contributed by atoms with E-state index in [2.05, 4.69) is 17.2 Å². The quantitative estimate of drug-likeness (QED) is 0.771. The van der Waals surface area contributed by atoms with E-state index in [4.69, 9.17) is 4.74 Å². The Labute approximate surface area is 114 Å². The molecular weight excluding hydrogens is 244 g/mol. The first-order valence-corrected chi connectivity index (χ1v) is 7.96. The fourth-order valence-electron chi connectivity index (χ4n) is 2.33. The van der Waals surface area contributed by atoms with E-state index >= 15 is 0 Å². The molecule has 0 atom stereocenters. The topological polar surface area (TPSA) is 34.2 Å². The number of hydrogen-bond donors (Lipinski definition) is 1. The highest BCUT2D eigenvalue weighted by molar-refractivity contribution is 7.11. The molecule has 1 heterocycles. The van der Waals surface area contributed by atoms with Gasteiger partial charge in [-0.05, 0) is 19.3 Å². The summed E-state index contributed by atoms with van der Waals surface area (Å²) in [6.45, 7) is 4.85. The lowest BCUT2D eigenvalue weighted by Crippen LogP contribution is -2.24. The fourth-order valence-corrected chi connectivity index (χ4v) is 3.17. The number of rotatable bonds is 7. The second-order valence-electron chi connectivity index (χ2n) is 4.88. The zero-order valence-electron chi connectivity index (χ0n) is 11.3. The molecule has 1 saturated carbocycles. The molecule has 1 aliphatic rings. The van der Waals surface area contributed by atoms with Crippen LogP contribution in [0.5, 0.6) is 0 Å². The number of ether oxygens (including phenoxy) is 1. The molecule has 0 amide bonds.